The molecule has 6 heteroatoms. The van der Waals surface area contributed by atoms with E-state index in [1.807, 2.05) is 7.05 Å². The number of halogens is 1. The molecule has 4 nitrogen and oxygen atoms in total. The Morgan fingerprint density at radius 1 is 1.20 bits per heavy atom. The molecule has 1 aliphatic heterocycles. The normalized spacial score (nSPS) is 17.3. The highest BCUT2D eigenvalue weighted by atomic mass is 79.9. The van der Waals surface area contributed by atoms with Crippen LogP contribution in [-0.4, -0.2) is 32.8 Å². The van der Waals surface area contributed by atoms with E-state index < -0.39 is 0 Å². The van der Waals surface area contributed by atoms with Gasteiger partial charge in [0.1, 0.15) is 0 Å². The van der Waals surface area contributed by atoms with Gasteiger partial charge in [-0.15, -0.1) is 0 Å². The second-order valence-electron chi connectivity index (χ2n) is 6.31. The summed E-state index contributed by atoms with van der Waals surface area (Å²) in [4.78, 5) is 4.37. The lowest BCUT2D eigenvalue weighted by Crippen LogP contribution is -2.47. The van der Waals surface area contributed by atoms with Crippen LogP contribution in [0.15, 0.2) is 50.6 Å². The van der Waals surface area contributed by atoms with Crippen LogP contribution in [0.25, 0.3) is 0 Å². The smallest absolute Gasteiger partial charge is 0.191 e. The molecule has 0 spiro atoms. The van der Waals surface area contributed by atoms with E-state index in [1.54, 1.807) is 11.3 Å². The van der Waals surface area contributed by atoms with Gasteiger partial charge in [-0.3, -0.25) is 4.99 Å². The van der Waals surface area contributed by atoms with Gasteiger partial charge in [0.25, 0.3) is 0 Å². The molecule has 0 aliphatic carbocycles. The van der Waals surface area contributed by atoms with Crippen molar-refractivity contribution in [1.82, 2.24) is 10.6 Å². The number of hydrogen-bond acceptors (Lipinski definition) is 3. The van der Waals surface area contributed by atoms with E-state index in [0.717, 1.165) is 49.6 Å². The molecule has 0 unspecified atom stereocenters. The Morgan fingerprint density at radius 2 is 1.96 bits per heavy atom. The Bertz CT molecular complexity index is 679. The molecule has 0 radical (unpaired) electrons. The van der Waals surface area contributed by atoms with Gasteiger partial charge in [-0.05, 0) is 52.9 Å². The van der Waals surface area contributed by atoms with Crippen LogP contribution in [0, 0.1) is 0 Å². The maximum Gasteiger partial charge on any atom is 0.191 e. The van der Waals surface area contributed by atoms with Crippen LogP contribution in [0.5, 0.6) is 0 Å². The minimum atomic E-state index is 0.0823. The number of hydrogen-bond donors (Lipinski definition) is 2. The number of nitrogens with one attached hydrogen (secondary N) is 2. The summed E-state index contributed by atoms with van der Waals surface area (Å²) in [6.45, 7) is 3.25. The molecule has 0 bridgehead atoms. The Hall–Kier alpha value is -1.37. The number of nitrogens with zero attached hydrogens (tertiary/aromatic N) is 1. The lowest BCUT2D eigenvalue weighted by Gasteiger charge is -2.38. The van der Waals surface area contributed by atoms with Gasteiger partial charge in [-0.2, -0.15) is 11.3 Å². The van der Waals surface area contributed by atoms with Gasteiger partial charge in [0.15, 0.2) is 5.96 Å². The SMILES string of the molecule is CN=C(NCc1ccsc1)NCC1(c2ccc(Br)cc2)CCOCC1. The Kier molecular flexibility index (Phi) is 6.51. The Labute approximate surface area is 161 Å². The zero-order chi connectivity index (χ0) is 17.5. The van der Waals surface area contributed by atoms with Crippen molar-refractivity contribution in [2.75, 3.05) is 26.8 Å². The van der Waals surface area contributed by atoms with Crippen molar-refractivity contribution >= 4 is 33.2 Å². The second kappa shape index (κ2) is 8.83. The summed E-state index contributed by atoms with van der Waals surface area (Å²) in [6, 6.07) is 10.8. The maximum absolute atomic E-state index is 5.62. The first kappa shape index (κ1) is 18.4. The second-order valence-corrected chi connectivity index (χ2v) is 8.01. The maximum atomic E-state index is 5.62. The molecule has 1 aromatic heterocycles. The van der Waals surface area contributed by atoms with Gasteiger partial charge < -0.3 is 15.4 Å². The minimum absolute atomic E-state index is 0.0823. The molecule has 1 aromatic carbocycles. The zero-order valence-electron chi connectivity index (χ0n) is 14.4. The van der Waals surface area contributed by atoms with E-state index in [4.69, 9.17) is 4.74 Å². The molecule has 1 fully saturated rings. The molecule has 0 amide bonds. The Balaban J connectivity index is 1.66. The molecule has 134 valence electrons. The van der Waals surface area contributed by atoms with Crippen LogP contribution in [0.4, 0.5) is 0 Å². The number of benzene rings is 1. The molecular weight excluding hydrogens is 398 g/mol. The molecule has 25 heavy (non-hydrogen) atoms. The van der Waals surface area contributed by atoms with Gasteiger partial charge in [0.2, 0.25) is 0 Å². The van der Waals surface area contributed by atoms with E-state index >= 15 is 0 Å². The van der Waals surface area contributed by atoms with E-state index in [0.29, 0.717) is 0 Å². The largest absolute Gasteiger partial charge is 0.381 e. The average Bonchev–Trinajstić information content (AvgIpc) is 3.17. The summed E-state index contributed by atoms with van der Waals surface area (Å²) in [5, 5.41) is 11.2. The summed E-state index contributed by atoms with van der Waals surface area (Å²) in [6.07, 6.45) is 2.03. The van der Waals surface area contributed by atoms with Crippen LogP contribution in [0.3, 0.4) is 0 Å². The fourth-order valence-corrected chi connectivity index (χ4v) is 4.12. The molecule has 3 rings (SSSR count). The van der Waals surface area contributed by atoms with Gasteiger partial charge in [0.05, 0.1) is 0 Å². The average molecular weight is 422 g/mol. The minimum Gasteiger partial charge on any atom is -0.381 e. The van der Waals surface area contributed by atoms with E-state index in [-0.39, 0.29) is 5.41 Å². The first-order valence-corrected chi connectivity index (χ1v) is 10.2. The summed E-state index contributed by atoms with van der Waals surface area (Å²) in [5.74, 6) is 0.842. The molecule has 1 saturated heterocycles. The predicted octanol–water partition coefficient (Wildman–Crippen LogP) is 3.92. The third-order valence-corrected chi connectivity index (χ3v) is 6.03. The Morgan fingerprint density at radius 3 is 2.60 bits per heavy atom. The molecule has 2 aromatic rings. The summed E-state index contributed by atoms with van der Waals surface area (Å²) in [5.41, 5.74) is 2.72. The fraction of sp³-hybridized carbons (Fsp3) is 0.421. The molecule has 2 heterocycles. The van der Waals surface area contributed by atoms with Gasteiger partial charge in [0, 0.05) is 43.2 Å². The van der Waals surface area contributed by atoms with E-state index in [1.165, 1.54) is 11.1 Å². The van der Waals surface area contributed by atoms with Crippen LogP contribution in [-0.2, 0) is 16.7 Å². The first-order chi connectivity index (χ1) is 12.2. The fourth-order valence-electron chi connectivity index (χ4n) is 3.19. The van der Waals surface area contributed by atoms with Crippen molar-refractivity contribution in [3.05, 3.63) is 56.7 Å². The molecule has 0 saturated carbocycles. The van der Waals surface area contributed by atoms with Gasteiger partial charge in [-0.1, -0.05) is 28.1 Å². The van der Waals surface area contributed by atoms with Crippen molar-refractivity contribution in [1.29, 1.82) is 0 Å². The lowest BCUT2D eigenvalue weighted by molar-refractivity contribution is 0.0514. The van der Waals surface area contributed by atoms with Crippen LogP contribution in [0.2, 0.25) is 0 Å². The lowest BCUT2D eigenvalue weighted by atomic mass is 9.74. The third kappa shape index (κ3) is 4.84. The van der Waals surface area contributed by atoms with Crippen molar-refractivity contribution in [3.63, 3.8) is 0 Å². The van der Waals surface area contributed by atoms with Crippen molar-refractivity contribution in [3.8, 4) is 0 Å². The molecule has 1 aliphatic rings. The van der Waals surface area contributed by atoms with Crippen molar-refractivity contribution in [2.24, 2.45) is 4.99 Å². The molecule has 0 atom stereocenters. The highest BCUT2D eigenvalue weighted by Crippen LogP contribution is 2.34. The number of thiophene rings is 1. The molecular formula is C19H24BrN3OS. The highest BCUT2D eigenvalue weighted by molar-refractivity contribution is 9.10. The van der Waals surface area contributed by atoms with Gasteiger partial charge >= 0.3 is 0 Å². The van der Waals surface area contributed by atoms with Gasteiger partial charge in [-0.25, -0.2) is 0 Å². The van der Waals surface area contributed by atoms with Crippen molar-refractivity contribution in [2.45, 2.75) is 24.8 Å². The number of rotatable bonds is 5. The highest BCUT2D eigenvalue weighted by Gasteiger charge is 2.34. The zero-order valence-corrected chi connectivity index (χ0v) is 16.8. The van der Waals surface area contributed by atoms with Crippen LogP contribution < -0.4 is 10.6 Å². The number of guanidine groups is 1. The summed E-state index contributed by atoms with van der Waals surface area (Å²) < 4.78 is 6.73. The topological polar surface area (TPSA) is 45.7 Å². The first-order valence-electron chi connectivity index (χ1n) is 8.51. The summed E-state index contributed by atoms with van der Waals surface area (Å²) in [7, 11) is 1.82. The number of aliphatic imine (C=N–C) groups is 1. The van der Waals surface area contributed by atoms with E-state index in [9.17, 15) is 0 Å². The molecule has 2 N–H and O–H groups in total. The predicted molar refractivity (Wildman–Crippen MR) is 108 cm³/mol. The quantitative estimate of drug-likeness (QED) is 0.567. The van der Waals surface area contributed by atoms with Crippen LogP contribution in [0.1, 0.15) is 24.0 Å². The standard InChI is InChI=1S/C19H24BrN3OS/c1-21-18(22-12-15-6-11-25-13-15)23-14-19(7-9-24-10-8-19)16-2-4-17(20)5-3-16/h2-6,11,13H,7-10,12,14H2,1H3,(H2,21,22,23). The van der Waals surface area contributed by atoms with Crippen molar-refractivity contribution < 1.29 is 4.74 Å². The number of ether oxygens (including phenoxy) is 1. The van der Waals surface area contributed by atoms with E-state index in [2.05, 4.69) is 72.6 Å². The monoisotopic (exact) mass is 421 g/mol. The summed E-state index contributed by atoms with van der Waals surface area (Å²) >= 11 is 5.25. The van der Waals surface area contributed by atoms with Crippen LogP contribution >= 0.6 is 27.3 Å². The third-order valence-electron chi connectivity index (χ3n) is 4.76.